The van der Waals surface area contributed by atoms with Gasteiger partial charge in [0.15, 0.2) is 4.60 Å². The maximum Gasteiger partial charge on any atom is 0.260 e. The van der Waals surface area contributed by atoms with Crippen LogP contribution < -0.4 is 4.72 Å². The van der Waals surface area contributed by atoms with Gasteiger partial charge in [-0.15, -0.1) is 5.10 Å². The third-order valence-electron chi connectivity index (χ3n) is 1.89. The molecule has 1 aromatic rings. The number of hydrogen-bond acceptors (Lipinski definition) is 4. The van der Waals surface area contributed by atoms with Crippen LogP contribution in [-0.4, -0.2) is 29.5 Å². The van der Waals surface area contributed by atoms with E-state index >= 15 is 0 Å². The Morgan fingerprint density at radius 1 is 1.57 bits per heavy atom. The zero-order chi connectivity index (χ0) is 10.3. The second kappa shape index (κ2) is 3.28. The standard InChI is InChI=1S/C6H9BrN4O2S/c1-11-6(5(7)8-10-11)14(12,13)9-4-2-3-4/h4,9H,2-3H2,1H3. The van der Waals surface area contributed by atoms with E-state index in [2.05, 4.69) is 31.0 Å². The molecule has 0 bridgehead atoms. The van der Waals surface area contributed by atoms with Gasteiger partial charge >= 0.3 is 0 Å². The molecule has 1 aliphatic carbocycles. The molecule has 6 nitrogen and oxygen atoms in total. The SMILES string of the molecule is Cn1nnc(Br)c1S(=O)(=O)NC1CC1. The summed E-state index contributed by atoms with van der Waals surface area (Å²) in [5.41, 5.74) is 0. The van der Waals surface area contributed by atoms with Crippen molar-refractivity contribution in [3.63, 3.8) is 0 Å². The van der Waals surface area contributed by atoms with Gasteiger partial charge < -0.3 is 0 Å². The van der Waals surface area contributed by atoms with Crippen molar-refractivity contribution in [2.75, 3.05) is 0 Å². The normalized spacial score (nSPS) is 17.3. The van der Waals surface area contributed by atoms with E-state index in [0.717, 1.165) is 12.8 Å². The van der Waals surface area contributed by atoms with Crippen molar-refractivity contribution in [3.8, 4) is 0 Å². The van der Waals surface area contributed by atoms with Gasteiger partial charge in [0.25, 0.3) is 10.0 Å². The summed E-state index contributed by atoms with van der Waals surface area (Å²) >= 11 is 3.05. The quantitative estimate of drug-likeness (QED) is 0.847. The molecule has 1 aromatic heterocycles. The summed E-state index contributed by atoms with van der Waals surface area (Å²) in [4.78, 5) is 0. The Labute approximate surface area is 89.9 Å². The Bertz CT molecular complexity index is 431. The molecular weight excluding hydrogens is 272 g/mol. The first-order valence-electron chi connectivity index (χ1n) is 4.08. The summed E-state index contributed by atoms with van der Waals surface area (Å²) in [6.45, 7) is 0. The number of hydrogen-bond donors (Lipinski definition) is 1. The number of nitrogens with zero attached hydrogens (tertiary/aromatic N) is 3. The maximum absolute atomic E-state index is 11.7. The summed E-state index contributed by atoms with van der Waals surface area (Å²) in [7, 11) is -1.93. The first kappa shape index (κ1) is 10.1. The van der Waals surface area contributed by atoms with Gasteiger partial charge in [0, 0.05) is 13.1 Å². The van der Waals surface area contributed by atoms with Crippen LogP contribution in [0.15, 0.2) is 9.63 Å². The lowest BCUT2D eigenvalue weighted by atomic mass is 10.8. The molecule has 1 fully saturated rings. The minimum Gasteiger partial charge on any atom is -0.235 e. The van der Waals surface area contributed by atoms with Gasteiger partial charge in [-0.2, -0.15) is 0 Å². The maximum atomic E-state index is 11.7. The van der Waals surface area contributed by atoms with Crippen molar-refractivity contribution in [2.24, 2.45) is 7.05 Å². The van der Waals surface area contributed by atoms with Crippen molar-refractivity contribution in [1.29, 1.82) is 0 Å². The molecule has 1 aliphatic rings. The summed E-state index contributed by atoms with van der Waals surface area (Å²) < 4.78 is 27.5. The summed E-state index contributed by atoms with van der Waals surface area (Å²) in [6, 6.07) is 0.0850. The molecule has 0 atom stereocenters. The van der Waals surface area contributed by atoms with E-state index < -0.39 is 10.0 Å². The molecule has 0 aromatic carbocycles. The number of nitrogens with one attached hydrogen (secondary N) is 1. The first-order valence-corrected chi connectivity index (χ1v) is 6.36. The molecule has 1 N–H and O–H groups in total. The highest BCUT2D eigenvalue weighted by Gasteiger charge is 2.31. The fourth-order valence-corrected chi connectivity index (χ4v) is 3.48. The monoisotopic (exact) mass is 280 g/mol. The molecule has 14 heavy (non-hydrogen) atoms. The molecule has 2 rings (SSSR count). The highest BCUT2D eigenvalue weighted by Crippen LogP contribution is 2.24. The topological polar surface area (TPSA) is 76.9 Å². The van der Waals surface area contributed by atoms with E-state index in [1.165, 1.54) is 4.68 Å². The zero-order valence-corrected chi connectivity index (χ0v) is 9.84. The fraction of sp³-hybridized carbons (Fsp3) is 0.667. The Balaban J connectivity index is 2.36. The van der Waals surface area contributed by atoms with Gasteiger partial charge in [-0.1, -0.05) is 5.21 Å². The van der Waals surface area contributed by atoms with Crippen LogP contribution in [0.3, 0.4) is 0 Å². The van der Waals surface area contributed by atoms with Crippen molar-refractivity contribution < 1.29 is 8.42 Å². The Hall–Kier alpha value is -0.470. The Kier molecular flexibility index (Phi) is 2.36. The second-order valence-electron chi connectivity index (χ2n) is 3.20. The second-order valence-corrected chi connectivity index (χ2v) is 5.58. The van der Waals surface area contributed by atoms with Gasteiger partial charge in [0.2, 0.25) is 5.03 Å². The van der Waals surface area contributed by atoms with Crippen molar-refractivity contribution in [3.05, 3.63) is 4.60 Å². The largest absolute Gasteiger partial charge is 0.260 e. The van der Waals surface area contributed by atoms with Gasteiger partial charge in [-0.25, -0.2) is 17.8 Å². The van der Waals surface area contributed by atoms with Gasteiger partial charge in [-0.3, -0.25) is 0 Å². The van der Waals surface area contributed by atoms with E-state index in [9.17, 15) is 8.42 Å². The third kappa shape index (κ3) is 1.82. The third-order valence-corrected chi connectivity index (χ3v) is 4.30. The van der Waals surface area contributed by atoms with Crippen LogP contribution in [0.25, 0.3) is 0 Å². The Morgan fingerprint density at radius 2 is 2.21 bits per heavy atom. The smallest absolute Gasteiger partial charge is 0.235 e. The summed E-state index contributed by atoms with van der Waals surface area (Å²) in [6.07, 6.45) is 1.81. The minimum atomic E-state index is -3.47. The average molecular weight is 281 g/mol. The molecule has 8 heteroatoms. The van der Waals surface area contributed by atoms with Gasteiger partial charge in [0.05, 0.1) is 0 Å². The van der Waals surface area contributed by atoms with Crippen LogP contribution in [-0.2, 0) is 17.1 Å². The molecule has 78 valence electrons. The lowest BCUT2D eigenvalue weighted by molar-refractivity contribution is 0.560. The summed E-state index contributed by atoms with van der Waals surface area (Å²) in [5.74, 6) is 0. The molecule has 0 spiro atoms. The van der Waals surface area contributed by atoms with Crippen LogP contribution in [0.1, 0.15) is 12.8 Å². The number of aryl methyl sites for hydroxylation is 1. The molecule has 0 amide bonds. The number of aromatic nitrogens is 3. The van der Waals surface area contributed by atoms with Crippen LogP contribution in [0, 0.1) is 0 Å². The molecule has 0 radical (unpaired) electrons. The van der Waals surface area contributed by atoms with Crippen molar-refractivity contribution >= 4 is 26.0 Å². The molecule has 0 unspecified atom stereocenters. The molecule has 1 heterocycles. The van der Waals surface area contributed by atoms with Crippen LogP contribution in [0.5, 0.6) is 0 Å². The van der Waals surface area contributed by atoms with E-state index in [4.69, 9.17) is 0 Å². The average Bonchev–Trinajstić information content (AvgIpc) is 2.77. The molecule has 1 saturated carbocycles. The zero-order valence-electron chi connectivity index (χ0n) is 7.44. The molecule has 0 aliphatic heterocycles. The van der Waals surface area contributed by atoms with Crippen LogP contribution in [0.2, 0.25) is 0 Å². The lowest BCUT2D eigenvalue weighted by Gasteiger charge is -2.04. The van der Waals surface area contributed by atoms with Crippen molar-refractivity contribution in [1.82, 2.24) is 19.7 Å². The van der Waals surface area contributed by atoms with E-state index in [0.29, 0.717) is 0 Å². The predicted molar refractivity (Wildman–Crippen MR) is 52.0 cm³/mol. The number of rotatable bonds is 3. The van der Waals surface area contributed by atoms with E-state index in [1.54, 1.807) is 7.05 Å². The first-order chi connectivity index (χ1) is 6.50. The summed E-state index contributed by atoms with van der Waals surface area (Å²) in [5, 5.41) is 7.30. The number of sulfonamides is 1. The minimum absolute atomic E-state index is 0.0735. The van der Waals surface area contributed by atoms with Gasteiger partial charge in [0.1, 0.15) is 0 Å². The van der Waals surface area contributed by atoms with Crippen LogP contribution >= 0.6 is 15.9 Å². The predicted octanol–water partition coefficient (Wildman–Crippen LogP) is 0.0183. The highest BCUT2D eigenvalue weighted by atomic mass is 79.9. The van der Waals surface area contributed by atoms with Gasteiger partial charge in [-0.05, 0) is 28.8 Å². The van der Waals surface area contributed by atoms with Crippen LogP contribution in [0.4, 0.5) is 0 Å². The highest BCUT2D eigenvalue weighted by molar-refractivity contribution is 9.10. The fourth-order valence-electron chi connectivity index (χ4n) is 1.08. The van der Waals surface area contributed by atoms with Crippen molar-refractivity contribution in [2.45, 2.75) is 23.9 Å². The molecule has 0 saturated heterocycles. The molecular formula is C6H9BrN4O2S. The lowest BCUT2D eigenvalue weighted by Crippen LogP contribution is -2.27. The van der Waals surface area contributed by atoms with E-state index in [1.807, 2.05) is 0 Å². The van der Waals surface area contributed by atoms with E-state index in [-0.39, 0.29) is 15.7 Å². The Morgan fingerprint density at radius 3 is 2.64 bits per heavy atom. The number of halogens is 1.